The molecule has 0 unspecified atom stereocenters. The van der Waals surface area contributed by atoms with E-state index in [4.69, 9.17) is 0 Å². The highest BCUT2D eigenvalue weighted by molar-refractivity contribution is 7.18. The Morgan fingerprint density at radius 1 is 1.06 bits per heavy atom. The summed E-state index contributed by atoms with van der Waals surface area (Å²) in [7, 11) is 1.55. The molecule has 36 heavy (non-hydrogen) atoms. The Balaban J connectivity index is 1.32. The van der Waals surface area contributed by atoms with Crippen molar-refractivity contribution in [2.24, 2.45) is 0 Å². The van der Waals surface area contributed by atoms with Crippen molar-refractivity contribution in [2.75, 3.05) is 49.6 Å². The summed E-state index contributed by atoms with van der Waals surface area (Å²) in [6, 6.07) is 15.6. The summed E-state index contributed by atoms with van der Waals surface area (Å²) in [4.78, 5) is 46.0. The molecule has 0 radical (unpaired) electrons. The summed E-state index contributed by atoms with van der Waals surface area (Å²) in [6.07, 6.45) is 1.64. The molecule has 184 valence electrons. The molecule has 1 fully saturated rings. The van der Waals surface area contributed by atoms with Crippen LogP contribution in [0.1, 0.15) is 15.2 Å². The van der Waals surface area contributed by atoms with E-state index in [0.717, 1.165) is 32.2 Å². The van der Waals surface area contributed by atoms with Crippen molar-refractivity contribution >= 4 is 45.1 Å². The van der Waals surface area contributed by atoms with E-state index in [9.17, 15) is 14.7 Å². The van der Waals surface area contributed by atoms with E-state index in [0.29, 0.717) is 31.7 Å². The largest absolute Gasteiger partial charge is 0.387 e. The molecule has 1 aliphatic heterocycles. The summed E-state index contributed by atoms with van der Waals surface area (Å²) < 4.78 is 0. The van der Waals surface area contributed by atoms with Crippen LogP contribution in [0.4, 0.5) is 11.8 Å². The zero-order valence-corrected chi connectivity index (χ0v) is 20.9. The normalized spacial score (nSPS) is 13.8. The van der Waals surface area contributed by atoms with Crippen molar-refractivity contribution in [3.63, 3.8) is 0 Å². The highest BCUT2D eigenvalue weighted by Gasteiger charge is 2.26. The van der Waals surface area contributed by atoms with E-state index < -0.39 is 12.5 Å². The van der Waals surface area contributed by atoms with Gasteiger partial charge in [-0.1, -0.05) is 30.3 Å². The molecule has 3 aromatic heterocycles. The second kappa shape index (κ2) is 10.00. The fourth-order valence-corrected chi connectivity index (χ4v) is 5.10. The number of anilines is 2. The number of aliphatic hydroxyl groups excluding tert-OH is 1. The monoisotopic (exact) mass is 502 g/mol. The summed E-state index contributed by atoms with van der Waals surface area (Å²) >= 11 is 1.53. The Morgan fingerprint density at radius 3 is 2.47 bits per heavy atom. The zero-order chi connectivity index (χ0) is 25.2. The number of hydrogen-bond donors (Lipinski definition) is 1. The number of amides is 2. The first-order valence-corrected chi connectivity index (χ1v) is 12.5. The van der Waals surface area contributed by atoms with Gasteiger partial charge in [-0.2, -0.15) is 4.98 Å². The molecule has 4 aromatic rings. The zero-order valence-electron chi connectivity index (χ0n) is 20.1. The van der Waals surface area contributed by atoms with Crippen molar-refractivity contribution in [3.8, 4) is 11.3 Å². The minimum atomic E-state index is -0.612. The molecular weight excluding hydrogens is 476 g/mol. The second-order valence-electron chi connectivity index (χ2n) is 8.61. The first-order valence-electron chi connectivity index (χ1n) is 11.7. The third kappa shape index (κ3) is 4.65. The highest BCUT2D eigenvalue weighted by atomic mass is 32.1. The van der Waals surface area contributed by atoms with Crippen LogP contribution in [0.25, 0.3) is 21.5 Å². The Bertz CT molecular complexity index is 1400. The molecule has 9 nitrogen and oxygen atoms in total. The Labute approximate surface area is 212 Å². The molecule has 0 atom stereocenters. The lowest BCUT2D eigenvalue weighted by Crippen LogP contribution is -2.49. The van der Waals surface area contributed by atoms with E-state index >= 15 is 0 Å². The number of aromatic nitrogens is 3. The number of piperazine rings is 1. The number of carbonyl (C=O) groups excluding carboxylic acids is 2. The Hall–Kier alpha value is -3.89. The maximum absolute atomic E-state index is 13.1. The van der Waals surface area contributed by atoms with Gasteiger partial charge in [0.15, 0.2) is 0 Å². The summed E-state index contributed by atoms with van der Waals surface area (Å²) in [5.74, 6) is 0.463. The van der Waals surface area contributed by atoms with E-state index in [1.54, 1.807) is 13.2 Å². The second-order valence-corrected chi connectivity index (χ2v) is 9.85. The lowest BCUT2D eigenvalue weighted by molar-refractivity contribution is -0.121. The number of nitrogens with zero attached hydrogens (tertiary/aromatic N) is 6. The first-order chi connectivity index (χ1) is 17.4. The molecule has 10 heteroatoms. The van der Waals surface area contributed by atoms with Gasteiger partial charge in [0.25, 0.3) is 11.8 Å². The van der Waals surface area contributed by atoms with Crippen molar-refractivity contribution in [1.29, 1.82) is 0 Å². The molecule has 0 spiro atoms. The van der Waals surface area contributed by atoms with E-state index in [-0.39, 0.29) is 11.9 Å². The average molecular weight is 503 g/mol. The molecule has 0 saturated carbocycles. The van der Waals surface area contributed by atoms with Crippen molar-refractivity contribution < 1.29 is 14.7 Å². The van der Waals surface area contributed by atoms with Gasteiger partial charge in [-0.05, 0) is 25.1 Å². The molecule has 2 amide bonds. The Morgan fingerprint density at radius 2 is 1.81 bits per heavy atom. The number of pyridine rings is 1. The SMILES string of the molecule is Cc1cc2c(N3CCN(C(=O)c4ccc(-c5ccccc5)nc4)CC3)nc(N(C)C(=O)CO)nc2s1. The molecule has 4 heterocycles. The van der Waals surface area contributed by atoms with Gasteiger partial charge in [0, 0.05) is 49.9 Å². The molecule has 1 saturated heterocycles. The number of thiophene rings is 1. The van der Waals surface area contributed by atoms with Crippen LogP contribution >= 0.6 is 11.3 Å². The van der Waals surface area contributed by atoms with Gasteiger partial charge in [0.2, 0.25) is 5.95 Å². The van der Waals surface area contributed by atoms with Gasteiger partial charge >= 0.3 is 0 Å². The predicted molar refractivity (Wildman–Crippen MR) is 140 cm³/mol. The first kappa shape index (κ1) is 23.8. The Kier molecular flexibility index (Phi) is 6.62. The van der Waals surface area contributed by atoms with Crippen LogP contribution in [0.2, 0.25) is 0 Å². The third-order valence-electron chi connectivity index (χ3n) is 6.24. The smallest absolute Gasteiger partial charge is 0.255 e. The van der Waals surface area contributed by atoms with Crippen LogP contribution in [0.3, 0.4) is 0 Å². The van der Waals surface area contributed by atoms with Crippen LogP contribution in [0.5, 0.6) is 0 Å². The standard InChI is InChI=1S/C26H26N6O3S/c1-17-14-20-23(28-26(29-24(20)36-17)30(2)22(34)16-33)31-10-12-32(13-11-31)25(35)19-8-9-21(27-15-19)18-6-4-3-5-7-18/h3-9,14-15,33H,10-13,16H2,1-2H3. The van der Waals surface area contributed by atoms with Crippen LogP contribution in [-0.2, 0) is 4.79 Å². The van der Waals surface area contributed by atoms with Crippen LogP contribution < -0.4 is 9.80 Å². The number of aryl methyl sites for hydroxylation is 1. The number of fused-ring (bicyclic) bond motifs is 1. The van der Waals surface area contributed by atoms with Crippen molar-refractivity contribution in [3.05, 3.63) is 65.2 Å². The molecule has 1 aliphatic rings. The number of likely N-dealkylation sites (N-methyl/N-ethyl adjacent to an activating group) is 1. The van der Waals surface area contributed by atoms with Gasteiger partial charge < -0.3 is 14.9 Å². The maximum Gasteiger partial charge on any atom is 0.255 e. The number of aliphatic hydroxyl groups is 1. The van der Waals surface area contributed by atoms with Gasteiger partial charge in [-0.15, -0.1) is 11.3 Å². The number of carbonyl (C=O) groups is 2. The van der Waals surface area contributed by atoms with Crippen LogP contribution in [0, 0.1) is 6.92 Å². The predicted octanol–water partition coefficient (Wildman–Crippen LogP) is 2.98. The number of hydrogen-bond acceptors (Lipinski definition) is 8. The van der Waals surface area contributed by atoms with Gasteiger partial charge in [-0.25, -0.2) is 4.98 Å². The minimum Gasteiger partial charge on any atom is -0.387 e. The third-order valence-corrected chi connectivity index (χ3v) is 7.18. The highest BCUT2D eigenvalue weighted by Crippen LogP contribution is 2.33. The fourth-order valence-electron chi connectivity index (χ4n) is 4.23. The van der Waals surface area contributed by atoms with Gasteiger partial charge in [0.05, 0.1) is 16.6 Å². The van der Waals surface area contributed by atoms with Gasteiger partial charge in [-0.3, -0.25) is 19.5 Å². The quantitative estimate of drug-likeness (QED) is 0.448. The number of benzene rings is 1. The lowest BCUT2D eigenvalue weighted by atomic mass is 10.1. The summed E-state index contributed by atoms with van der Waals surface area (Å²) in [5.41, 5.74) is 2.40. The lowest BCUT2D eigenvalue weighted by Gasteiger charge is -2.36. The van der Waals surface area contributed by atoms with E-state index in [1.807, 2.05) is 60.4 Å². The summed E-state index contributed by atoms with van der Waals surface area (Å²) in [5, 5.41) is 10.2. The molecular formula is C26H26N6O3S. The maximum atomic E-state index is 13.1. The van der Waals surface area contributed by atoms with Crippen molar-refractivity contribution in [2.45, 2.75) is 6.92 Å². The average Bonchev–Trinajstić information content (AvgIpc) is 3.32. The van der Waals surface area contributed by atoms with E-state index in [2.05, 4.69) is 19.9 Å². The van der Waals surface area contributed by atoms with E-state index in [1.165, 1.54) is 16.2 Å². The molecule has 0 bridgehead atoms. The molecule has 1 N–H and O–H groups in total. The molecule has 0 aliphatic carbocycles. The molecule has 5 rings (SSSR count). The fraction of sp³-hybridized carbons (Fsp3) is 0.269. The minimum absolute atomic E-state index is 0.0464. The van der Waals surface area contributed by atoms with Crippen LogP contribution in [0.15, 0.2) is 54.7 Å². The van der Waals surface area contributed by atoms with Crippen molar-refractivity contribution in [1.82, 2.24) is 19.9 Å². The topological polar surface area (TPSA) is 103 Å². The molecule has 1 aromatic carbocycles. The number of rotatable bonds is 5. The summed E-state index contributed by atoms with van der Waals surface area (Å²) in [6.45, 7) is 3.66. The van der Waals surface area contributed by atoms with Crippen LogP contribution in [-0.4, -0.2) is 76.6 Å². The van der Waals surface area contributed by atoms with Gasteiger partial charge in [0.1, 0.15) is 17.3 Å².